The lowest BCUT2D eigenvalue weighted by atomic mass is 10.2. The average Bonchev–Trinajstić information content (AvgIpc) is 3.04. The minimum Gasteiger partial charge on any atom is -0.455 e. The first kappa shape index (κ1) is 16.3. The maximum absolute atomic E-state index is 12.0. The molecule has 3 aromatic rings. The van der Waals surface area contributed by atoms with Crippen molar-refractivity contribution in [2.45, 2.75) is 4.90 Å². The minimum absolute atomic E-state index is 0.137. The van der Waals surface area contributed by atoms with E-state index < -0.39 is 10.0 Å². The van der Waals surface area contributed by atoms with Gasteiger partial charge in [-0.2, -0.15) is 18.4 Å². The smallest absolute Gasteiger partial charge is 0.276 e. The Kier molecular flexibility index (Phi) is 4.69. The lowest BCUT2D eigenvalue weighted by molar-refractivity contribution is 0.573. The van der Waals surface area contributed by atoms with Crippen LogP contribution < -0.4 is 4.83 Å². The van der Waals surface area contributed by atoms with E-state index in [1.54, 1.807) is 36.4 Å². The van der Waals surface area contributed by atoms with Crippen molar-refractivity contribution >= 4 is 27.8 Å². The molecule has 7 heteroatoms. The summed E-state index contributed by atoms with van der Waals surface area (Å²) in [5, 5.41) is 4.30. The lowest BCUT2D eigenvalue weighted by Gasteiger charge is -2.01. The molecule has 2 aromatic carbocycles. The van der Waals surface area contributed by atoms with Gasteiger partial charge in [0.15, 0.2) is 0 Å². The molecule has 0 aliphatic rings. The van der Waals surface area contributed by atoms with Gasteiger partial charge in [-0.15, -0.1) is 0 Å². The molecular formula is C17H13ClN2O3S. The van der Waals surface area contributed by atoms with Gasteiger partial charge in [0.1, 0.15) is 11.5 Å². The highest BCUT2D eigenvalue weighted by atomic mass is 35.5. The third-order valence-electron chi connectivity index (χ3n) is 3.18. The van der Waals surface area contributed by atoms with Crippen LogP contribution in [0.25, 0.3) is 11.3 Å². The van der Waals surface area contributed by atoms with Crippen LogP contribution in [0.2, 0.25) is 5.02 Å². The van der Waals surface area contributed by atoms with E-state index in [-0.39, 0.29) is 4.90 Å². The summed E-state index contributed by atoms with van der Waals surface area (Å²) in [5.74, 6) is 0.980. The number of halogens is 1. The molecule has 0 unspecified atom stereocenters. The standard InChI is InChI=1S/C17H13ClN2O3S/c18-16-9-5-4-8-15(16)17-11-10-13(23-17)12-19-20-24(21,22)14-6-2-1-3-7-14/h1-12,20H/b19-12-. The number of sulfonamides is 1. The number of rotatable bonds is 5. The highest BCUT2D eigenvalue weighted by Gasteiger charge is 2.11. The fourth-order valence-electron chi connectivity index (χ4n) is 2.04. The predicted octanol–water partition coefficient (Wildman–Crippen LogP) is 3.91. The van der Waals surface area contributed by atoms with Crippen molar-refractivity contribution in [2.75, 3.05) is 0 Å². The Bertz CT molecular complexity index is 966. The largest absolute Gasteiger partial charge is 0.455 e. The maximum Gasteiger partial charge on any atom is 0.276 e. The molecule has 24 heavy (non-hydrogen) atoms. The highest BCUT2D eigenvalue weighted by molar-refractivity contribution is 7.89. The number of hydrogen-bond acceptors (Lipinski definition) is 4. The zero-order chi connectivity index (χ0) is 17.0. The van der Waals surface area contributed by atoms with Crippen LogP contribution in [0.15, 0.2) is 81.1 Å². The SMILES string of the molecule is O=S(=O)(N/N=C\c1ccc(-c2ccccc2Cl)o1)c1ccccc1. The monoisotopic (exact) mass is 360 g/mol. The number of nitrogens with one attached hydrogen (secondary N) is 1. The summed E-state index contributed by atoms with van der Waals surface area (Å²) in [7, 11) is -3.69. The van der Waals surface area contributed by atoms with Gasteiger partial charge in [-0.1, -0.05) is 41.9 Å². The molecule has 0 atom stereocenters. The molecule has 1 aromatic heterocycles. The molecule has 3 rings (SSSR count). The quantitative estimate of drug-likeness (QED) is 0.553. The predicted molar refractivity (Wildman–Crippen MR) is 93.5 cm³/mol. The van der Waals surface area contributed by atoms with Gasteiger partial charge in [0.2, 0.25) is 0 Å². The molecule has 0 amide bonds. The van der Waals surface area contributed by atoms with Gasteiger partial charge in [0.05, 0.1) is 16.1 Å². The van der Waals surface area contributed by atoms with Gasteiger partial charge in [-0.25, -0.2) is 0 Å². The molecule has 0 spiro atoms. The first-order valence-electron chi connectivity index (χ1n) is 7.01. The molecule has 0 fully saturated rings. The van der Waals surface area contributed by atoms with Crippen LogP contribution in [0, 0.1) is 0 Å². The third kappa shape index (κ3) is 3.67. The van der Waals surface area contributed by atoms with Gasteiger partial charge < -0.3 is 4.42 Å². The second kappa shape index (κ2) is 6.90. The van der Waals surface area contributed by atoms with Crippen LogP contribution in [0.1, 0.15) is 5.76 Å². The zero-order valence-electron chi connectivity index (χ0n) is 12.4. The molecule has 122 valence electrons. The molecular weight excluding hydrogens is 348 g/mol. The van der Waals surface area contributed by atoms with E-state index in [1.165, 1.54) is 18.3 Å². The van der Waals surface area contributed by atoms with Crippen molar-refractivity contribution in [1.29, 1.82) is 0 Å². The first-order chi connectivity index (χ1) is 11.6. The topological polar surface area (TPSA) is 71.7 Å². The van der Waals surface area contributed by atoms with Crippen molar-refractivity contribution in [2.24, 2.45) is 5.10 Å². The van der Waals surface area contributed by atoms with Crippen LogP contribution >= 0.6 is 11.6 Å². The van der Waals surface area contributed by atoms with Gasteiger partial charge in [-0.05, 0) is 36.4 Å². The number of hydrazone groups is 1. The Labute approximate surface area is 144 Å². The van der Waals surface area contributed by atoms with E-state index in [1.807, 2.05) is 18.2 Å². The van der Waals surface area contributed by atoms with E-state index >= 15 is 0 Å². The van der Waals surface area contributed by atoms with Crippen molar-refractivity contribution in [3.05, 3.63) is 77.5 Å². The molecule has 1 N–H and O–H groups in total. The van der Waals surface area contributed by atoms with E-state index in [9.17, 15) is 8.42 Å². The summed E-state index contributed by atoms with van der Waals surface area (Å²) in [5.41, 5.74) is 0.753. The van der Waals surface area contributed by atoms with Crippen LogP contribution in [-0.4, -0.2) is 14.6 Å². The molecule has 0 saturated heterocycles. The fraction of sp³-hybridized carbons (Fsp3) is 0. The number of benzene rings is 2. The summed E-state index contributed by atoms with van der Waals surface area (Å²) >= 11 is 6.11. The number of nitrogens with zero attached hydrogens (tertiary/aromatic N) is 1. The van der Waals surface area contributed by atoms with Crippen LogP contribution in [0.5, 0.6) is 0 Å². The van der Waals surface area contributed by atoms with E-state index in [4.69, 9.17) is 16.0 Å². The van der Waals surface area contributed by atoms with Gasteiger partial charge in [-0.3, -0.25) is 0 Å². The van der Waals surface area contributed by atoms with Crippen molar-refractivity contribution in [3.8, 4) is 11.3 Å². The Balaban J connectivity index is 1.74. The maximum atomic E-state index is 12.0. The minimum atomic E-state index is -3.69. The Hall–Kier alpha value is -2.57. The average molecular weight is 361 g/mol. The Morgan fingerprint density at radius 1 is 0.958 bits per heavy atom. The summed E-state index contributed by atoms with van der Waals surface area (Å²) in [4.78, 5) is 2.28. The fourth-order valence-corrected chi connectivity index (χ4v) is 3.08. The second-order valence-electron chi connectivity index (χ2n) is 4.85. The summed E-state index contributed by atoms with van der Waals surface area (Å²) < 4.78 is 29.6. The van der Waals surface area contributed by atoms with Crippen LogP contribution in [0.4, 0.5) is 0 Å². The number of furan rings is 1. The lowest BCUT2D eigenvalue weighted by Crippen LogP contribution is -2.18. The van der Waals surface area contributed by atoms with E-state index in [0.717, 1.165) is 5.56 Å². The summed E-state index contributed by atoms with van der Waals surface area (Å²) in [6.07, 6.45) is 1.29. The first-order valence-corrected chi connectivity index (χ1v) is 8.87. The summed E-state index contributed by atoms with van der Waals surface area (Å²) in [6, 6.07) is 18.7. The molecule has 0 aliphatic heterocycles. The highest BCUT2D eigenvalue weighted by Crippen LogP contribution is 2.28. The van der Waals surface area contributed by atoms with Crippen molar-refractivity contribution in [3.63, 3.8) is 0 Å². The zero-order valence-corrected chi connectivity index (χ0v) is 14.0. The molecule has 0 radical (unpaired) electrons. The van der Waals surface area contributed by atoms with Crippen molar-refractivity contribution in [1.82, 2.24) is 4.83 Å². The van der Waals surface area contributed by atoms with Gasteiger partial charge in [0, 0.05) is 5.56 Å². The Morgan fingerprint density at radius 2 is 1.67 bits per heavy atom. The molecule has 0 saturated carbocycles. The van der Waals surface area contributed by atoms with Crippen LogP contribution in [0.3, 0.4) is 0 Å². The molecule has 0 bridgehead atoms. The van der Waals surface area contributed by atoms with E-state index in [2.05, 4.69) is 9.93 Å². The Morgan fingerprint density at radius 3 is 2.42 bits per heavy atom. The van der Waals surface area contributed by atoms with Gasteiger partial charge in [0.25, 0.3) is 10.0 Å². The number of hydrogen-bond donors (Lipinski definition) is 1. The second-order valence-corrected chi connectivity index (χ2v) is 6.92. The van der Waals surface area contributed by atoms with Gasteiger partial charge >= 0.3 is 0 Å². The summed E-state index contributed by atoms with van der Waals surface area (Å²) in [6.45, 7) is 0. The van der Waals surface area contributed by atoms with E-state index in [0.29, 0.717) is 16.5 Å². The third-order valence-corrected chi connectivity index (χ3v) is 4.75. The normalized spacial score (nSPS) is 11.7. The van der Waals surface area contributed by atoms with Crippen molar-refractivity contribution < 1.29 is 12.8 Å². The molecule has 5 nitrogen and oxygen atoms in total. The molecule has 1 heterocycles. The van der Waals surface area contributed by atoms with Crippen LogP contribution in [-0.2, 0) is 10.0 Å². The molecule has 0 aliphatic carbocycles.